The van der Waals surface area contributed by atoms with Crippen LogP contribution in [-0.2, 0) is 9.59 Å². The second-order valence-corrected chi connectivity index (χ2v) is 6.16. The van der Waals surface area contributed by atoms with Crippen LogP contribution in [0.15, 0.2) is 54.6 Å². The molecule has 0 spiro atoms. The molecule has 1 atom stereocenters. The Balaban J connectivity index is 1.73. The Hall–Kier alpha value is -2.86. The van der Waals surface area contributed by atoms with E-state index in [0.717, 1.165) is 22.8 Å². The number of hydrogen-bond acceptors (Lipinski definition) is 5. The van der Waals surface area contributed by atoms with E-state index in [-0.39, 0.29) is 12.3 Å². The zero-order valence-corrected chi connectivity index (χ0v) is 14.7. The van der Waals surface area contributed by atoms with Crippen LogP contribution >= 0.6 is 0 Å². The number of carbonyl (C=O) groups is 2. The number of hydroxylamine groups is 1. The molecule has 6 nitrogen and oxygen atoms in total. The van der Waals surface area contributed by atoms with Gasteiger partial charge in [0, 0.05) is 0 Å². The second kappa shape index (κ2) is 8.01. The summed E-state index contributed by atoms with van der Waals surface area (Å²) in [5.74, 6) is -0.0819. The van der Waals surface area contributed by atoms with Gasteiger partial charge in [0.15, 0.2) is 0 Å². The second-order valence-electron chi connectivity index (χ2n) is 6.16. The molecule has 26 heavy (non-hydrogen) atoms. The maximum Gasteiger partial charge on any atom is 0.259 e. The molecule has 1 aliphatic heterocycles. The van der Waals surface area contributed by atoms with E-state index in [0.29, 0.717) is 23.7 Å². The van der Waals surface area contributed by atoms with Crippen LogP contribution in [0.5, 0.6) is 5.75 Å². The number of anilines is 2. The summed E-state index contributed by atoms with van der Waals surface area (Å²) in [7, 11) is 0. The molecule has 0 saturated carbocycles. The lowest BCUT2D eigenvalue weighted by Crippen LogP contribution is -2.40. The number of hydrogen-bond donors (Lipinski definition) is 1. The molecule has 2 aromatic carbocycles. The van der Waals surface area contributed by atoms with Gasteiger partial charge in [-0.15, -0.1) is 0 Å². The van der Waals surface area contributed by atoms with Crippen LogP contribution in [0, 0.1) is 0 Å². The highest BCUT2D eigenvalue weighted by atomic mass is 16.5. The molecule has 0 bridgehead atoms. The summed E-state index contributed by atoms with van der Waals surface area (Å²) < 4.78 is 5.60. The number of amides is 2. The van der Waals surface area contributed by atoms with Gasteiger partial charge in [0.25, 0.3) is 5.91 Å². The predicted octanol–water partition coefficient (Wildman–Crippen LogP) is 3.39. The Labute approximate surface area is 152 Å². The van der Waals surface area contributed by atoms with E-state index in [2.05, 4.69) is 6.92 Å². The minimum atomic E-state index is -0.926. The van der Waals surface area contributed by atoms with Crippen molar-refractivity contribution in [3.8, 4) is 5.75 Å². The van der Waals surface area contributed by atoms with Crippen molar-refractivity contribution in [2.24, 2.45) is 0 Å². The summed E-state index contributed by atoms with van der Waals surface area (Å²) in [6, 6.07) is 14.6. The number of carbonyl (C=O) groups excluding carboxylic acids is 2. The molecule has 1 N–H and O–H groups in total. The third kappa shape index (κ3) is 3.70. The minimum Gasteiger partial charge on any atom is -0.494 e. The lowest BCUT2D eigenvalue weighted by molar-refractivity contribution is -0.121. The number of para-hydroxylation sites is 1. The van der Waals surface area contributed by atoms with Crippen LogP contribution in [0.3, 0.4) is 0 Å². The van der Waals surface area contributed by atoms with Crippen molar-refractivity contribution in [3.63, 3.8) is 0 Å². The van der Waals surface area contributed by atoms with Crippen LogP contribution in [-0.4, -0.2) is 29.7 Å². The fourth-order valence-electron chi connectivity index (χ4n) is 2.86. The Bertz CT molecular complexity index is 761. The highest BCUT2D eigenvalue weighted by Crippen LogP contribution is 2.28. The fraction of sp³-hybridized carbons (Fsp3) is 0.300. The monoisotopic (exact) mass is 354 g/mol. The van der Waals surface area contributed by atoms with E-state index in [4.69, 9.17) is 4.74 Å². The minimum absolute atomic E-state index is 0.0705. The zero-order chi connectivity index (χ0) is 18.5. The first-order valence-corrected chi connectivity index (χ1v) is 8.74. The van der Waals surface area contributed by atoms with E-state index >= 15 is 0 Å². The summed E-state index contributed by atoms with van der Waals surface area (Å²) in [5, 5.41) is 11.2. The van der Waals surface area contributed by atoms with Gasteiger partial charge in [0.1, 0.15) is 11.8 Å². The lowest BCUT2D eigenvalue weighted by atomic mass is 10.2. The van der Waals surface area contributed by atoms with Crippen LogP contribution in [0.1, 0.15) is 26.2 Å². The van der Waals surface area contributed by atoms with E-state index in [9.17, 15) is 14.8 Å². The smallest absolute Gasteiger partial charge is 0.259 e. The molecule has 0 radical (unpaired) electrons. The molecule has 3 rings (SSSR count). The number of unbranched alkanes of at least 4 members (excludes halogenated alkanes) is 1. The van der Waals surface area contributed by atoms with Gasteiger partial charge in [-0.05, 0) is 42.8 Å². The van der Waals surface area contributed by atoms with Crippen molar-refractivity contribution in [1.29, 1.82) is 0 Å². The number of nitrogens with zero attached hydrogens (tertiary/aromatic N) is 2. The highest BCUT2D eigenvalue weighted by Gasteiger charge is 2.43. The van der Waals surface area contributed by atoms with Gasteiger partial charge in [0.2, 0.25) is 5.91 Å². The first-order valence-electron chi connectivity index (χ1n) is 8.74. The van der Waals surface area contributed by atoms with Crippen LogP contribution < -0.4 is 14.7 Å². The molecule has 0 unspecified atom stereocenters. The van der Waals surface area contributed by atoms with Crippen molar-refractivity contribution in [1.82, 2.24) is 0 Å². The molecule has 1 fully saturated rings. The van der Waals surface area contributed by atoms with Crippen molar-refractivity contribution in [2.75, 3.05) is 16.6 Å². The standard InChI is InChI=1S/C20H22N2O4/c1-2-3-13-26-17-11-9-15(10-12-17)21-19(23)14-18(20(21)24)22(25)16-7-5-4-6-8-16/h4-12,18,25H,2-3,13-14H2,1H3/t18-/m1/s1. The summed E-state index contributed by atoms with van der Waals surface area (Å²) in [5.41, 5.74) is 0.951. The Morgan fingerprint density at radius 2 is 1.81 bits per heavy atom. The number of ether oxygens (including phenoxy) is 1. The van der Waals surface area contributed by atoms with E-state index < -0.39 is 11.9 Å². The molecule has 0 aromatic heterocycles. The Kier molecular flexibility index (Phi) is 5.53. The third-order valence-electron chi connectivity index (χ3n) is 4.30. The first-order chi connectivity index (χ1) is 12.6. The van der Waals surface area contributed by atoms with E-state index in [1.807, 2.05) is 6.07 Å². The predicted molar refractivity (Wildman–Crippen MR) is 98.5 cm³/mol. The molecule has 0 aliphatic carbocycles. The number of imide groups is 1. The van der Waals surface area contributed by atoms with Crippen LogP contribution in [0.25, 0.3) is 0 Å². The summed E-state index contributed by atoms with van der Waals surface area (Å²) in [6.45, 7) is 2.73. The number of benzene rings is 2. The summed E-state index contributed by atoms with van der Waals surface area (Å²) >= 11 is 0. The Morgan fingerprint density at radius 1 is 1.12 bits per heavy atom. The van der Waals surface area contributed by atoms with E-state index in [1.165, 1.54) is 0 Å². The fourth-order valence-corrected chi connectivity index (χ4v) is 2.86. The van der Waals surface area contributed by atoms with Gasteiger partial charge < -0.3 is 4.74 Å². The maximum atomic E-state index is 12.7. The van der Waals surface area contributed by atoms with Gasteiger partial charge in [-0.25, -0.2) is 9.96 Å². The quantitative estimate of drug-likeness (QED) is 0.469. The molecule has 136 valence electrons. The molecule has 6 heteroatoms. The first kappa shape index (κ1) is 17.9. The van der Waals surface area contributed by atoms with Crippen LogP contribution in [0.4, 0.5) is 11.4 Å². The normalized spacial score (nSPS) is 16.8. The van der Waals surface area contributed by atoms with Gasteiger partial charge in [0.05, 0.1) is 24.4 Å². The van der Waals surface area contributed by atoms with Crippen LogP contribution in [0.2, 0.25) is 0 Å². The third-order valence-corrected chi connectivity index (χ3v) is 4.30. The lowest BCUT2D eigenvalue weighted by Gasteiger charge is -2.22. The average molecular weight is 354 g/mol. The molecule has 2 aromatic rings. The molecular formula is C20H22N2O4. The van der Waals surface area contributed by atoms with Gasteiger partial charge in [-0.2, -0.15) is 0 Å². The molecule has 1 aliphatic rings. The molecule has 2 amide bonds. The molecular weight excluding hydrogens is 332 g/mol. The van der Waals surface area contributed by atoms with Gasteiger partial charge >= 0.3 is 0 Å². The van der Waals surface area contributed by atoms with Crippen molar-refractivity contribution in [3.05, 3.63) is 54.6 Å². The van der Waals surface area contributed by atoms with E-state index in [1.54, 1.807) is 48.5 Å². The zero-order valence-electron chi connectivity index (χ0n) is 14.7. The van der Waals surface area contributed by atoms with Gasteiger partial charge in [-0.3, -0.25) is 14.8 Å². The maximum absolute atomic E-state index is 12.7. The van der Waals surface area contributed by atoms with Crippen molar-refractivity contribution >= 4 is 23.2 Å². The van der Waals surface area contributed by atoms with Crippen molar-refractivity contribution in [2.45, 2.75) is 32.2 Å². The average Bonchev–Trinajstić information content (AvgIpc) is 2.97. The molecule has 1 heterocycles. The Morgan fingerprint density at radius 3 is 2.46 bits per heavy atom. The topological polar surface area (TPSA) is 70.1 Å². The van der Waals surface area contributed by atoms with Crippen molar-refractivity contribution < 1.29 is 19.5 Å². The largest absolute Gasteiger partial charge is 0.494 e. The number of rotatable bonds is 7. The SMILES string of the molecule is CCCCOc1ccc(N2C(=O)C[C@@H](N(O)c3ccccc3)C2=O)cc1. The summed E-state index contributed by atoms with van der Waals surface area (Å²) in [6.07, 6.45) is 1.95. The summed E-state index contributed by atoms with van der Waals surface area (Å²) in [4.78, 5) is 26.2. The van der Waals surface area contributed by atoms with Gasteiger partial charge in [-0.1, -0.05) is 31.5 Å². The highest BCUT2D eigenvalue weighted by molar-refractivity contribution is 6.23. The molecule has 1 saturated heterocycles.